The van der Waals surface area contributed by atoms with Gasteiger partial charge in [0.1, 0.15) is 0 Å². The molecular weight excluding hydrogens is 316 g/mol. The second kappa shape index (κ2) is 9.92. The largest absolute Gasteiger partial charge is 0.311 e. The van der Waals surface area contributed by atoms with Crippen LogP contribution in [0.4, 0.5) is 0 Å². The van der Waals surface area contributed by atoms with Crippen LogP contribution in [-0.4, -0.2) is 24.2 Å². The van der Waals surface area contributed by atoms with Crippen LogP contribution in [0.5, 0.6) is 0 Å². The zero-order chi connectivity index (χ0) is 17.6. The van der Waals surface area contributed by atoms with Gasteiger partial charge in [0.2, 0.25) is 0 Å². The Bertz CT molecular complexity index is 343. The van der Waals surface area contributed by atoms with E-state index in [0.29, 0.717) is 0 Å². The summed E-state index contributed by atoms with van der Waals surface area (Å²) in [4.78, 5) is 0. The molecule has 0 bridgehead atoms. The summed E-state index contributed by atoms with van der Waals surface area (Å²) in [5, 5.41) is 8.05. The van der Waals surface area contributed by atoms with E-state index in [2.05, 4.69) is 10.6 Å². The summed E-state index contributed by atoms with van der Waals surface area (Å²) in [6, 6.07) is 3.40. The molecule has 0 unspecified atom stereocenters. The molecule has 0 aromatic heterocycles. The minimum atomic E-state index is 0.846. The van der Waals surface area contributed by atoms with Crippen molar-refractivity contribution < 1.29 is 0 Å². The first-order valence-corrected chi connectivity index (χ1v) is 12.4. The van der Waals surface area contributed by atoms with Gasteiger partial charge in [-0.1, -0.05) is 38.5 Å². The molecule has 0 radical (unpaired) electrons. The van der Waals surface area contributed by atoms with Crippen molar-refractivity contribution in [3.8, 4) is 0 Å². The Morgan fingerprint density at radius 2 is 0.615 bits per heavy atom. The van der Waals surface area contributed by atoms with Gasteiger partial charge in [-0.3, -0.25) is 0 Å². The molecule has 2 heteroatoms. The highest BCUT2D eigenvalue weighted by Gasteiger charge is 2.32. The topological polar surface area (TPSA) is 24.1 Å². The maximum Gasteiger partial charge on any atom is 0.00698 e. The normalized spacial score (nSPS) is 38.3. The fraction of sp³-hybridized carbons (Fsp3) is 1.00. The first-order valence-electron chi connectivity index (χ1n) is 12.4. The van der Waals surface area contributed by atoms with Crippen LogP contribution in [0.15, 0.2) is 0 Å². The fourth-order valence-electron chi connectivity index (χ4n) is 6.72. The Morgan fingerprint density at radius 1 is 0.308 bits per heavy atom. The van der Waals surface area contributed by atoms with Crippen LogP contribution in [0.2, 0.25) is 0 Å². The Kier molecular flexibility index (Phi) is 7.34. The molecular formula is C24H44N2. The van der Waals surface area contributed by atoms with E-state index < -0.39 is 0 Å². The summed E-state index contributed by atoms with van der Waals surface area (Å²) < 4.78 is 0. The van der Waals surface area contributed by atoms with Crippen LogP contribution in [0, 0.1) is 11.8 Å². The zero-order valence-corrected chi connectivity index (χ0v) is 17.2. The quantitative estimate of drug-likeness (QED) is 0.633. The smallest absolute Gasteiger partial charge is 0.00698 e. The van der Waals surface area contributed by atoms with Crippen molar-refractivity contribution in [2.75, 3.05) is 0 Å². The summed E-state index contributed by atoms with van der Waals surface area (Å²) >= 11 is 0. The Hall–Kier alpha value is -0.0800. The lowest BCUT2D eigenvalue weighted by Crippen LogP contribution is -2.44. The maximum absolute atomic E-state index is 4.02. The number of nitrogens with one attached hydrogen (secondary N) is 2. The lowest BCUT2D eigenvalue weighted by Gasteiger charge is -2.40. The maximum atomic E-state index is 4.02. The van der Waals surface area contributed by atoms with Crippen molar-refractivity contribution in [2.45, 2.75) is 140 Å². The summed E-state index contributed by atoms with van der Waals surface area (Å²) in [5.74, 6) is 2.10. The second-order valence-corrected chi connectivity index (χ2v) is 10.2. The molecule has 0 spiro atoms. The standard InChI is InChI=1S/C24H44N2/c1-3-7-21(8-4-1)25-23-15-11-19(12-16-23)20-13-17-24(18-14-20)26-22-9-5-2-6-10-22/h19-26H,1-18H2. The predicted molar refractivity (Wildman–Crippen MR) is 112 cm³/mol. The summed E-state index contributed by atoms with van der Waals surface area (Å²) in [6.07, 6.45) is 26.5. The minimum absolute atomic E-state index is 0.846. The van der Waals surface area contributed by atoms with Gasteiger partial charge in [-0.15, -0.1) is 0 Å². The SMILES string of the molecule is C1CCC(NC2CCC(C3CCC(NC4CCCCC4)CC3)CC2)CC1. The monoisotopic (exact) mass is 360 g/mol. The van der Waals surface area contributed by atoms with E-state index in [1.807, 2.05) is 0 Å². The zero-order valence-electron chi connectivity index (χ0n) is 17.2. The van der Waals surface area contributed by atoms with Gasteiger partial charge in [-0.05, 0) is 88.9 Å². The molecule has 2 nitrogen and oxygen atoms in total. The highest BCUT2D eigenvalue weighted by Crippen LogP contribution is 2.39. The Balaban J connectivity index is 1.13. The van der Waals surface area contributed by atoms with E-state index in [-0.39, 0.29) is 0 Å². The molecule has 4 fully saturated rings. The van der Waals surface area contributed by atoms with Gasteiger partial charge in [0.15, 0.2) is 0 Å². The molecule has 0 amide bonds. The summed E-state index contributed by atoms with van der Waals surface area (Å²) in [5.41, 5.74) is 0. The molecule has 2 N–H and O–H groups in total. The van der Waals surface area contributed by atoms with Crippen molar-refractivity contribution in [2.24, 2.45) is 11.8 Å². The second-order valence-electron chi connectivity index (χ2n) is 10.2. The van der Waals surface area contributed by atoms with Crippen LogP contribution < -0.4 is 10.6 Å². The highest BCUT2D eigenvalue weighted by atomic mass is 15.0. The summed E-state index contributed by atoms with van der Waals surface area (Å²) in [6.45, 7) is 0. The predicted octanol–water partition coefficient (Wildman–Crippen LogP) is 5.95. The van der Waals surface area contributed by atoms with Gasteiger partial charge < -0.3 is 10.6 Å². The van der Waals surface area contributed by atoms with E-state index >= 15 is 0 Å². The molecule has 0 aromatic rings. The van der Waals surface area contributed by atoms with Gasteiger partial charge in [-0.25, -0.2) is 0 Å². The first-order chi connectivity index (χ1) is 12.9. The lowest BCUT2D eigenvalue weighted by molar-refractivity contribution is 0.150. The van der Waals surface area contributed by atoms with Crippen molar-refractivity contribution in [1.82, 2.24) is 10.6 Å². The van der Waals surface area contributed by atoms with E-state index in [1.54, 1.807) is 0 Å². The van der Waals surface area contributed by atoms with Gasteiger partial charge in [0.05, 0.1) is 0 Å². The molecule has 4 aliphatic carbocycles. The van der Waals surface area contributed by atoms with E-state index in [4.69, 9.17) is 0 Å². The molecule has 0 aromatic carbocycles. The van der Waals surface area contributed by atoms with Crippen molar-refractivity contribution in [3.05, 3.63) is 0 Å². The highest BCUT2D eigenvalue weighted by molar-refractivity contribution is 4.88. The minimum Gasteiger partial charge on any atom is -0.311 e. The molecule has 4 rings (SSSR count). The molecule has 4 aliphatic rings. The molecule has 26 heavy (non-hydrogen) atoms. The van der Waals surface area contributed by atoms with Crippen molar-refractivity contribution in [3.63, 3.8) is 0 Å². The van der Waals surface area contributed by atoms with Crippen LogP contribution in [0.3, 0.4) is 0 Å². The molecule has 0 saturated heterocycles. The molecule has 0 heterocycles. The van der Waals surface area contributed by atoms with E-state index in [9.17, 15) is 0 Å². The third-order valence-electron chi connectivity index (χ3n) is 8.36. The summed E-state index contributed by atoms with van der Waals surface area (Å²) in [7, 11) is 0. The van der Waals surface area contributed by atoms with Crippen LogP contribution in [0.25, 0.3) is 0 Å². The van der Waals surface area contributed by atoms with Gasteiger partial charge >= 0.3 is 0 Å². The van der Waals surface area contributed by atoms with Gasteiger partial charge in [-0.2, -0.15) is 0 Å². The molecule has 0 aliphatic heterocycles. The molecule has 150 valence electrons. The van der Waals surface area contributed by atoms with Crippen LogP contribution in [-0.2, 0) is 0 Å². The first kappa shape index (κ1) is 19.2. The third-order valence-corrected chi connectivity index (χ3v) is 8.36. The van der Waals surface area contributed by atoms with E-state index in [0.717, 1.165) is 36.0 Å². The average molecular weight is 361 g/mol. The molecule has 0 atom stereocenters. The fourth-order valence-corrected chi connectivity index (χ4v) is 6.72. The van der Waals surface area contributed by atoms with Gasteiger partial charge in [0, 0.05) is 24.2 Å². The number of hydrogen-bond acceptors (Lipinski definition) is 2. The number of hydrogen-bond donors (Lipinski definition) is 2. The van der Waals surface area contributed by atoms with Crippen molar-refractivity contribution in [1.29, 1.82) is 0 Å². The number of rotatable bonds is 5. The van der Waals surface area contributed by atoms with Crippen molar-refractivity contribution >= 4 is 0 Å². The lowest BCUT2D eigenvalue weighted by atomic mass is 9.71. The Morgan fingerprint density at radius 3 is 0.962 bits per heavy atom. The van der Waals surface area contributed by atoms with Gasteiger partial charge in [0.25, 0.3) is 0 Å². The van der Waals surface area contributed by atoms with Crippen LogP contribution >= 0.6 is 0 Å². The molecule has 4 saturated carbocycles. The van der Waals surface area contributed by atoms with Crippen LogP contribution in [0.1, 0.15) is 116 Å². The average Bonchev–Trinajstić information content (AvgIpc) is 2.71. The Labute approximate surface area is 162 Å². The third kappa shape index (κ3) is 5.47. The van der Waals surface area contributed by atoms with E-state index in [1.165, 1.54) is 116 Å².